The normalized spacial score (nSPS) is 13.9. The van der Waals surface area contributed by atoms with Crippen molar-refractivity contribution in [3.05, 3.63) is 53.6 Å². The molecule has 1 fully saturated rings. The molecule has 0 aliphatic carbocycles. The molecule has 1 aliphatic heterocycles. The Kier molecular flexibility index (Phi) is 6.95. The Morgan fingerprint density at radius 2 is 1.78 bits per heavy atom. The molecule has 192 valence electrons. The number of pyridine rings is 1. The van der Waals surface area contributed by atoms with Crippen LogP contribution in [0.4, 0.5) is 5.82 Å². The van der Waals surface area contributed by atoms with Gasteiger partial charge in [-0.1, -0.05) is 17.7 Å². The molecular formula is C25H26ClN7O4. The summed E-state index contributed by atoms with van der Waals surface area (Å²) in [5.74, 6) is 2.78. The number of amides is 1. The number of nitrogens with zero attached hydrogens (tertiary/aromatic N) is 7. The van der Waals surface area contributed by atoms with E-state index in [9.17, 15) is 4.79 Å². The zero-order valence-electron chi connectivity index (χ0n) is 20.7. The fraction of sp³-hybridized carbons (Fsp3) is 0.320. The third-order valence-electron chi connectivity index (χ3n) is 6.28. The molecule has 4 heterocycles. The Hall–Kier alpha value is -4.12. The van der Waals surface area contributed by atoms with Gasteiger partial charge in [0.05, 0.1) is 21.3 Å². The molecule has 11 nitrogen and oxygen atoms in total. The van der Waals surface area contributed by atoms with Crippen molar-refractivity contribution in [1.29, 1.82) is 0 Å². The van der Waals surface area contributed by atoms with Crippen LogP contribution < -0.4 is 19.1 Å². The van der Waals surface area contributed by atoms with Crippen LogP contribution in [0.15, 0.2) is 42.9 Å². The van der Waals surface area contributed by atoms with Crippen LogP contribution >= 0.6 is 11.6 Å². The number of hydrogen-bond donors (Lipinski definition) is 0. The van der Waals surface area contributed by atoms with Crippen molar-refractivity contribution in [2.75, 3.05) is 52.4 Å². The van der Waals surface area contributed by atoms with E-state index in [0.717, 1.165) is 23.4 Å². The van der Waals surface area contributed by atoms with Gasteiger partial charge in [-0.05, 0) is 30.2 Å². The summed E-state index contributed by atoms with van der Waals surface area (Å²) in [5.41, 5.74) is 2.21. The molecule has 0 atom stereocenters. The van der Waals surface area contributed by atoms with E-state index in [1.807, 2.05) is 23.1 Å². The largest absolute Gasteiger partial charge is 0.493 e. The highest BCUT2D eigenvalue weighted by Gasteiger charge is 2.25. The highest BCUT2D eigenvalue weighted by Crippen LogP contribution is 2.36. The Morgan fingerprint density at radius 1 is 0.946 bits per heavy atom. The molecule has 1 amide bonds. The van der Waals surface area contributed by atoms with Crippen LogP contribution in [0.1, 0.15) is 16.8 Å². The Morgan fingerprint density at radius 3 is 2.57 bits per heavy atom. The number of rotatable bonds is 6. The average Bonchev–Trinajstić information content (AvgIpc) is 3.28. The second-order valence-corrected chi connectivity index (χ2v) is 8.78. The first kappa shape index (κ1) is 24.6. The smallest absolute Gasteiger partial charge is 0.254 e. The minimum Gasteiger partial charge on any atom is -0.493 e. The molecule has 12 heteroatoms. The predicted octanol–water partition coefficient (Wildman–Crippen LogP) is 3.22. The number of carbonyl (C=O) groups is 1. The van der Waals surface area contributed by atoms with Gasteiger partial charge in [0.15, 0.2) is 11.5 Å². The van der Waals surface area contributed by atoms with Gasteiger partial charge in [0, 0.05) is 49.6 Å². The summed E-state index contributed by atoms with van der Waals surface area (Å²) in [4.78, 5) is 30.2. The monoisotopic (exact) mass is 523 g/mol. The first-order valence-corrected chi connectivity index (χ1v) is 12.1. The minimum atomic E-state index is -0.120. The first-order chi connectivity index (χ1) is 18.0. The number of anilines is 1. The van der Waals surface area contributed by atoms with Crippen LogP contribution in [-0.2, 0) is 0 Å². The van der Waals surface area contributed by atoms with E-state index in [0.29, 0.717) is 54.9 Å². The summed E-state index contributed by atoms with van der Waals surface area (Å²) in [6.07, 6.45) is 4.03. The van der Waals surface area contributed by atoms with E-state index in [1.165, 1.54) is 13.4 Å². The van der Waals surface area contributed by atoms with E-state index in [2.05, 4.69) is 25.0 Å². The zero-order chi connectivity index (χ0) is 25.9. The molecule has 37 heavy (non-hydrogen) atoms. The fourth-order valence-electron chi connectivity index (χ4n) is 4.49. The second-order valence-electron chi connectivity index (χ2n) is 8.39. The Bertz CT molecular complexity index is 1440. The van der Waals surface area contributed by atoms with Crippen molar-refractivity contribution in [2.45, 2.75) is 6.42 Å². The SMILES string of the molecule is COc1cc(C(=O)N2CCCN(c3c(-c4ccc(OC)c(OC)c4)cnc4ncnn34)CC2)cc(Cl)n1. The topological polar surface area (TPSA) is 107 Å². The molecule has 1 aromatic carbocycles. The third kappa shape index (κ3) is 4.82. The van der Waals surface area contributed by atoms with Crippen molar-refractivity contribution in [2.24, 2.45) is 0 Å². The van der Waals surface area contributed by atoms with Gasteiger partial charge >= 0.3 is 0 Å². The van der Waals surface area contributed by atoms with Crippen LogP contribution in [0, 0.1) is 0 Å². The number of fused-ring (bicyclic) bond motifs is 1. The van der Waals surface area contributed by atoms with E-state index in [-0.39, 0.29) is 11.1 Å². The Labute approximate surface area is 218 Å². The van der Waals surface area contributed by atoms with Crippen molar-refractivity contribution in [1.82, 2.24) is 29.5 Å². The molecule has 0 unspecified atom stereocenters. The predicted molar refractivity (Wildman–Crippen MR) is 138 cm³/mol. The minimum absolute atomic E-state index is 0.120. The molecule has 0 spiro atoms. The first-order valence-electron chi connectivity index (χ1n) is 11.7. The molecular weight excluding hydrogens is 498 g/mol. The number of carbonyl (C=O) groups excluding carboxylic acids is 1. The number of ether oxygens (including phenoxy) is 3. The lowest BCUT2D eigenvalue weighted by Crippen LogP contribution is -2.36. The van der Waals surface area contributed by atoms with Crippen LogP contribution in [0.25, 0.3) is 16.9 Å². The van der Waals surface area contributed by atoms with Gasteiger partial charge in [-0.15, -0.1) is 0 Å². The summed E-state index contributed by atoms with van der Waals surface area (Å²) in [5, 5.41) is 4.66. The van der Waals surface area contributed by atoms with Crippen molar-refractivity contribution >= 4 is 29.1 Å². The van der Waals surface area contributed by atoms with Crippen LogP contribution in [0.3, 0.4) is 0 Å². The molecule has 4 aromatic rings. The third-order valence-corrected chi connectivity index (χ3v) is 6.48. The highest BCUT2D eigenvalue weighted by atomic mass is 35.5. The lowest BCUT2D eigenvalue weighted by Gasteiger charge is -2.26. The quantitative estimate of drug-likeness (QED) is 0.352. The average molecular weight is 524 g/mol. The standard InChI is InChI=1S/C25H26ClN7O4/c1-35-19-6-5-16(11-20(19)36-2)18-14-27-25-28-15-29-33(25)23(18)31-7-4-8-32(10-9-31)24(34)17-12-21(26)30-22(13-17)37-3/h5-6,11-15H,4,7-10H2,1-3H3. The molecule has 5 rings (SSSR count). The van der Waals surface area contributed by atoms with Gasteiger partial charge in [0.25, 0.3) is 11.7 Å². The van der Waals surface area contributed by atoms with Gasteiger partial charge in [-0.3, -0.25) is 4.79 Å². The van der Waals surface area contributed by atoms with Crippen LogP contribution in [-0.4, -0.2) is 82.9 Å². The second kappa shape index (κ2) is 10.5. The van der Waals surface area contributed by atoms with Gasteiger partial charge in [0.1, 0.15) is 17.3 Å². The van der Waals surface area contributed by atoms with E-state index >= 15 is 0 Å². The van der Waals surface area contributed by atoms with Gasteiger partial charge in [-0.2, -0.15) is 14.6 Å². The lowest BCUT2D eigenvalue weighted by atomic mass is 10.1. The summed E-state index contributed by atoms with van der Waals surface area (Å²) < 4.78 is 17.8. The van der Waals surface area contributed by atoms with Crippen molar-refractivity contribution in [3.8, 4) is 28.5 Å². The zero-order valence-corrected chi connectivity index (χ0v) is 21.5. The highest BCUT2D eigenvalue weighted by molar-refractivity contribution is 6.29. The Balaban J connectivity index is 1.47. The van der Waals surface area contributed by atoms with E-state index in [1.54, 1.807) is 37.1 Å². The van der Waals surface area contributed by atoms with Crippen LogP contribution in [0.5, 0.6) is 17.4 Å². The summed E-state index contributed by atoms with van der Waals surface area (Å²) in [6, 6.07) is 8.90. The molecule has 0 radical (unpaired) electrons. The molecule has 1 saturated heterocycles. The van der Waals surface area contributed by atoms with Crippen molar-refractivity contribution < 1.29 is 19.0 Å². The molecule has 0 N–H and O–H groups in total. The maximum atomic E-state index is 13.3. The van der Waals surface area contributed by atoms with Crippen molar-refractivity contribution in [3.63, 3.8) is 0 Å². The maximum absolute atomic E-state index is 13.3. The summed E-state index contributed by atoms with van der Waals surface area (Å²) >= 11 is 6.10. The van der Waals surface area contributed by atoms with Crippen LogP contribution in [0.2, 0.25) is 5.15 Å². The summed E-state index contributed by atoms with van der Waals surface area (Å²) in [7, 11) is 4.70. The number of benzene rings is 1. The molecule has 1 aliphatic rings. The number of hydrogen-bond acceptors (Lipinski definition) is 9. The number of methoxy groups -OCH3 is 3. The fourth-order valence-corrected chi connectivity index (χ4v) is 4.70. The van der Waals surface area contributed by atoms with E-state index in [4.69, 9.17) is 25.8 Å². The molecule has 0 saturated carbocycles. The number of halogens is 1. The van der Waals surface area contributed by atoms with Gasteiger partial charge in [-0.25, -0.2) is 9.97 Å². The number of aromatic nitrogens is 5. The maximum Gasteiger partial charge on any atom is 0.254 e. The summed E-state index contributed by atoms with van der Waals surface area (Å²) in [6.45, 7) is 2.39. The lowest BCUT2D eigenvalue weighted by molar-refractivity contribution is 0.0766. The van der Waals surface area contributed by atoms with E-state index < -0.39 is 0 Å². The van der Waals surface area contributed by atoms with Gasteiger partial charge in [0.2, 0.25) is 5.88 Å². The molecule has 3 aromatic heterocycles. The molecule has 0 bridgehead atoms. The van der Waals surface area contributed by atoms with Gasteiger partial charge < -0.3 is 24.0 Å².